The third-order valence-corrected chi connectivity index (χ3v) is 3.73. The van der Waals surface area contributed by atoms with Crippen LogP contribution < -0.4 is 4.90 Å². The van der Waals surface area contributed by atoms with Gasteiger partial charge in [-0.3, -0.25) is 0 Å². The second-order valence-corrected chi connectivity index (χ2v) is 5.08. The highest BCUT2D eigenvalue weighted by Crippen LogP contribution is 2.24. The van der Waals surface area contributed by atoms with Crippen LogP contribution in [-0.2, 0) is 0 Å². The minimum Gasteiger partial charge on any atom is -0.356 e. The molecule has 0 atom stereocenters. The van der Waals surface area contributed by atoms with Crippen molar-refractivity contribution < 1.29 is 0 Å². The highest BCUT2D eigenvalue weighted by atomic mass is 35.5. The number of aromatic nitrogens is 4. The lowest BCUT2D eigenvalue weighted by molar-refractivity contribution is 0.847. The maximum Gasteiger partial charge on any atom is 0.168 e. The van der Waals surface area contributed by atoms with Crippen LogP contribution in [0.2, 0.25) is 5.02 Å². The Bertz CT molecular complexity index is 746. The lowest BCUT2D eigenvalue weighted by Crippen LogP contribution is -2.23. The predicted octanol–water partition coefficient (Wildman–Crippen LogP) is 3.32. The third kappa shape index (κ3) is 2.45. The van der Waals surface area contributed by atoms with Crippen LogP contribution in [0.4, 0.5) is 5.82 Å². The molecule has 0 N–H and O–H groups in total. The molecule has 6 heteroatoms. The van der Waals surface area contributed by atoms with Crippen LogP contribution in [0.1, 0.15) is 13.8 Å². The molecule has 0 amide bonds. The van der Waals surface area contributed by atoms with Crippen LogP contribution in [0.15, 0.2) is 36.8 Å². The Labute approximate surface area is 128 Å². The summed E-state index contributed by atoms with van der Waals surface area (Å²) in [6.07, 6.45) is 3.40. The van der Waals surface area contributed by atoms with E-state index in [4.69, 9.17) is 11.6 Å². The molecular weight excluding hydrogens is 286 g/mol. The van der Waals surface area contributed by atoms with Crippen LogP contribution in [0.5, 0.6) is 0 Å². The molecule has 3 rings (SSSR count). The first-order chi connectivity index (χ1) is 10.2. The zero-order valence-corrected chi connectivity index (χ0v) is 12.7. The zero-order valence-electron chi connectivity index (χ0n) is 12.0. The summed E-state index contributed by atoms with van der Waals surface area (Å²) >= 11 is 5.93. The van der Waals surface area contributed by atoms with Crippen LogP contribution in [-0.4, -0.2) is 32.8 Å². The van der Waals surface area contributed by atoms with Gasteiger partial charge in [-0.05, 0) is 38.1 Å². The van der Waals surface area contributed by atoms with Crippen LogP contribution >= 0.6 is 11.6 Å². The molecule has 2 heterocycles. The average molecular weight is 302 g/mol. The molecule has 0 saturated heterocycles. The number of hydrogen-bond acceptors (Lipinski definition) is 4. The van der Waals surface area contributed by atoms with Gasteiger partial charge in [0.15, 0.2) is 5.65 Å². The van der Waals surface area contributed by atoms with Gasteiger partial charge in [0.25, 0.3) is 0 Å². The summed E-state index contributed by atoms with van der Waals surface area (Å²) in [5.74, 6) is 0.921. The van der Waals surface area contributed by atoms with E-state index in [1.165, 1.54) is 0 Å². The molecule has 0 aliphatic carbocycles. The van der Waals surface area contributed by atoms with Crippen LogP contribution in [0, 0.1) is 0 Å². The van der Waals surface area contributed by atoms with Gasteiger partial charge in [-0.2, -0.15) is 5.10 Å². The Morgan fingerprint density at radius 2 is 1.81 bits per heavy atom. The van der Waals surface area contributed by atoms with E-state index in [2.05, 4.69) is 33.8 Å². The van der Waals surface area contributed by atoms with Gasteiger partial charge in [-0.15, -0.1) is 0 Å². The number of halogens is 1. The molecule has 108 valence electrons. The molecule has 5 nitrogen and oxygen atoms in total. The van der Waals surface area contributed by atoms with Crippen LogP contribution in [0.3, 0.4) is 0 Å². The average Bonchev–Trinajstić information content (AvgIpc) is 2.94. The van der Waals surface area contributed by atoms with Gasteiger partial charge in [0, 0.05) is 18.1 Å². The predicted molar refractivity (Wildman–Crippen MR) is 85.2 cm³/mol. The van der Waals surface area contributed by atoms with Gasteiger partial charge in [0.1, 0.15) is 12.1 Å². The quantitative estimate of drug-likeness (QED) is 0.741. The van der Waals surface area contributed by atoms with Gasteiger partial charge in [-0.1, -0.05) is 11.6 Å². The molecule has 21 heavy (non-hydrogen) atoms. The summed E-state index contributed by atoms with van der Waals surface area (Å²) in [4.78, 5) is 11.0. The fraction of sp³-hybridized carbons (Fsp3) is 0.267. The molecule has 0 radical (unpaired) electrons. The van der Waals surface area contributed by atoms with Crippen molar-refractivity contribution in [2.75, 3.05) is 18.0 Å². The molecule has 0 aliphatic rings. The van der Waals surface area contributed by atoms with Crippen molar-refractivity contribution in [2.45, 2.75) is 13.8 Å². The topological polar surface area (TPSA) is 46.8 Å². The number of anilines is 1. The van der Waals surface area contributed by atoms with Crippen molar-refractivity contribution >= 4 is 28.5 Å². The van der Waals surface area contributed by atoms with E-state index in [9.17, 15) is 0 Å². The number of nitrogens with zero attached hydrogens (tertiary/aromatic N) is 5. The molecule has 0 spiro atoms. The molecule has 0 saturated carbocycles. The Kier molecular flexibility index (Phi) is 3.75. The highest BCUT2D eigenvalue weighted by Gasteiger charge is 2.14. The van der Waals surface area contributed by atoms with Crippen molar-refractivity contribution in [1.29, 1.82) is 0 Å². The lowest BCUT2D eigenvalue weighted by Gasteiger charge is -2.19. The molecule has 3 aromatic rings. The van der Waals surface area contributed by atoms with E-state index in [1.807, 2.05) is 30.5 Å². The maximum atomic E-state index is 5.93. The monoisotopic (exact) mass is 301 g/mol. The van der Waals surface area contributed by atoms with E-state index in [1.54, 1.807) is 11.0 Å². The fourth-order valence-electron chi connectivity index (χ4n) is 2.38. The smallest absolute Gasteiger partial charge is 0.168 e. The second kappa shape index (κ2) is 5.69. The zero-order chi connectivity index (χ0) is 14.8. The first kappa shape index (κ1) is 13.8. The molecular formula is C15H16ClN5. The van der Waals surface area contributed by atoms with Crippen molar-refractivity contribution in [3.8, 4) is 5.69 Å². The van der Waals surface area contributed by atoms with Gasteiger partial charge in [0.05, 0.1) is 17.3 Å². The minimum absolute atomic E-state index is 0.702. The Morgan fingerprint density at radius 1 is 1.10 bits per heavy atom. The molecule has 0 bridgehead atoms. The summed E-state index contributed by atoms with van der Waals surface area (Å²) in [5.41, 5.74) is 1.73. The summed E-state index contributed by atoms with van der Waals surface area (Å²) in [6, 6.07) is 7.54. The normalized spacial score (nSPS) is 11.0. The second-order valence-electron chi connectivity index (χ2n) is 4.64. The van der Waals surface area contributed by atoms with E-state index in [-0.39, 0.29) is 0 Å². The highest BCUT2D eigenvalue weighted by molar-refractivity contribution is 6.30. The molecule has 0 fully saturated rings. The fourth-order valence-corrected chi connectivity index (χ4v) is 2.50. The van der Waals surface area contributed by atoms with Crippen LogP contribution in [0.25, 0.3) is 16.7 Å². The minimum atomic E-state index is 0.702. The first-order valence-electron chi connectivity index (χ1n) is 6.94. The third-order valence-electron chi connectivity index (χ3n) is 3.48. The standard InChI is InChI=1S/C15H16ClN5/c1-3-20(4-2)14-13-9-19-21(15(13)18-10-17-14)12-7-5-11(16)6-8-12/h5-10H,3-4H2,1-2H3. The number of hydrogen-bond donors (Lipinski definition) is 0. The first-order valence-corrected chi connectivity index (χ1v) is 7.32. The van der Waals surface area contributed by atoms with Gasteiger partial charge < -0.3 is 4.90 Å². The van der Waals surface area contributed by atoms with E-state index >= 15 is 0 Å². The van der Waals surface area contributed by atoms with Crippen molar-refractivity contribution in [2.24, 2.45) is 0 Å². The van der Waals surface area contributed by atoms with Crippen molar-refractivity contribution in [3.63, 3.8) is 0 Å². The summed E-state index contributed by atoms with van der Waals surface area (Å²) < 4.78 is 1.81. The maximum absolute atomic E-state index is 5.93. The molecule has 0 aliphatic heterocycles. The van der Waals surface area contributed by atoms with E-state index < -0.39 is 0 Å². The number of rotatable bonds is 4. The molecule has 0 unspecified atom stereocenters. The van der Waals surface area contributed by atoms with Crippen molar-refractivity contribution in [3.05, 3.63) is 41.8 Å². The Hall–Kier alpha value is -2.14. The van der Waals surface area contributed by atoms with Gasteiger partial charge in [-0.25, -0.2) is 14.6 Å². The van der Waals surface area contributed by atoms with E-state index in [0.29, 0.717) is 5.02 Å². The van der Waals surface area contributed by atoms with Gasteiger partial charge >= 0.3 is 0 Å². The van der Waals surface area contributed by atoms with Crippen molar-refractivity contribution in [1.82, 2.24) is 19.7 Å². The Balaban J connectivity index is 2.15. The summed E-state index contributed by atoms with van der Waals surface area (Å²) in [5, 5.41) is 6.11. The lowest BCUT2D eigenvalue weighted by atomic mass is 10.3. The molecule has 1 aromatic carbocycles. The summed E-state index contributed by atoms with van der Waals surface area (Å²) in [6.45, 7) is 6.02. The number of benzene rings is 1. The Morgan fingerprint density at radius 3 is 2.48 bits per heavy atom. The van der Waals surface area contributed by atoms with E-state index in [0.717, 1.165) is 35.6 Å². The summed E-state index contributed by atoms with van der Waals surface area (Å²) in [7, 11) is 0. The van der Waals surface area contributed by atoms with Gasteiger partial charge in [0.2, 0.25) is 0 Å². The number of fused-ring (bicyclic) bond motifs is 1. The largest absolute Gasteiger partial charge is 0.356 e. The molecule has 2 aromatic heterocycles. The SMILES string of the molecule is CCN(CC)c1ncnc2c1cnn2-c1ccc(Cl)cc1.